The van der Waals surface area contributed by atoms with Crippen LogP contribution in [0.15, 0.2) is 29.0 Å². The molecule has 2 N–H and O–H groups in total. The molecule has 1 aliphatic carbocycles. The monoisotopic (exact) mass is 407 g/mol. The van der Waals surface area contributed by atoms with Crippen molar-refractivity contribution in [2.24, 2.45) is 0 Å². The van der Waals surface area contributed by atoms with E-state index in [1.807, 2.05) is 23.0 Å². The quantitative estimate of drug-likeness (QED) is 0.488. The molecule has 3 aromatic heterocycles. The van der Waals surface area contributed by atoms with Gasteiger partial charge in [-0.15, -0.1) is 0 Å². The van der Waals surface area contributed by atoms with E-state index in [0.29, 0.717) is 18.1 Å². The van der Waals surface area contributed by atoms with Gasteiger partial charge in [0.2, 0.25) is 0 Å². The smallest absolute Gasteiger partial charge is 0.142 e. The van der Waals surface area contributed by atoms with Gasteiger partial charge in [-0.05, 0) is 36.6 Å². The zero-order chi connectivity index (χ0) is 20.6. The highest BCUT2D eigenvalue weighted by Gasteiger charge is 2.28. The molecule has 0 saturated carbocycles. The van der Waals surface area contributed by atoms with Crippen molar-refractivity contribution in [3.05, 3.63) is 41.4 Å². The molecule has 3 aromatic rings. The Morgan fingerprint density at radius 1 is 1.34 bits per heavy atom. The van der Waals surface area contributed by atoms with Crippen LogP contribution in [0.2, 0.25) is 25.7 Å². The van der Waals surface area contributed by atoms with Crippen LogP contribution in [0.3, 0.4) is 0 Å². The Hall–Kier alpha value is -2.89. The summed E-state index contributed by atoms with van der Waals surface area (Å²) in [7, 11) is -1.11. The van der Waals surface area contributed by atoms with E-state index in [0.717, 1.165) is 53.6 Å². The van der Waals surface area contributed by atoms with Crippen molar-refractivity contribution in [3.8, 4) is 28.7 Å². The Morgan fingerprint density at radius 2 is 2.17 bits per heavy atom. The first-order valence-corrected chi connectivity index (χ1v) is 13.5. The number of nitrogen functional groups attached to an aromatic ring is 1. The van der Waals surface area contributed by atoms with Crippen molar-refractivity contribution in [1.29, 1.82) is 5.26 Å². The van der Waals surface area contributed by atoms with Gasteiger partial charge in [0.15, 0.2) is 0 Å². The number of hydrogen-bond acceptors (Lipinski definition) is 6. The molecule has 0 atom stereocenters. The number of fused-ring (bicyclic) bond motifs is 3. The molecule has 0 saturated heterocycles. The molecule has 0 aliphatic heterocycles. The van der Waals surface area contributed by atoms with E-state index < -0.39 is 8.07 Å². The molecule has 7 nitrogen and oxygen atoms in total. The normalized spacial score (nSPS) is 13.0. The first-order chi connectivity index (χ1) is 13.9. The molecule has 0 radical (unpaired) electrons. The molecule has 0 unspecified atom stereocenters. The lowest BCUT2D eigenvalue weighted by molar-refractivity contribution is 0.0783. The van der Waals surface area contributed by atoms with Gasteiger partial charge >= 0.3 is 0 Å². The van der Waals surface area contributed by atoms with Crippen molar-refractivity contribution < 1.29 is 9.15 Å². The maximum absolute atomic E-state index is 9.63. The van der Waals surface area contributed by atoms with Crippen LogP contribution in [-0.2, 0) is 24.3 Å². The summed E-state index contributed by atoms with van der Waals surface area (Å²) in [4.78, 5) is 4.56. The number of hydrogen-bond donors (Lipinski definition) is 1. The van der Waals surface area contributed by atoms with E-state index in [1.54, 1.807) is 6.26 Å². The van der Waals surface area contributed by atoms with E-state index in [4.69, 9.17) is 14.9 Å². The molecule has 29 heavy (non-hydrogen) atoms. The highest BCUT2D eigenvalue weighted by atomic mass is 28.3. The zero-order valence-corrected chi connectivity index (χ0v) is 18.0. The van der Waals surface area contributed by atoms with Gasteiger partial charge in [0, 0.05) is 32.0 Å². The molecule has 8 heteroatoms. The minimum absolute atomic E-state index is 0.213. The van der Waals surface area contributed by atoms with Gasteiger partial charge in [-0.1, -0.05) is 19.6 Å². The number of nitriles is 1. The largest absolute Gasteiger partial charge is 0.464 e. The maximum atomic E-state index is 9.63. The summed E-state index contributed by atoms with van der Waals surface area (Å²) in [5, 5.41) is 14.3. The van der Waals surface area contributed by atoms with Crippen LogP contribution < -0.4 is 5.73 Å². The molecular formula is C21H25N5O2Si. The number of rotatable bonds is 6. The average Bonchev–Trinajstić information content (AvgIpc) is 3.33. The van der Waals surface area contributed by atoms with E-state index in [2.05, 4.69) is 35.8 Å². The zero-order valence-electron chi connectivity index (χ0n) is 17.0. The Balaban J connectivity index is 1.67. The standard InChI is InChI=1S/C21H25N5O2Si/c1-29(2,3)10-9-27-13-26-12-16-17(25-26)7-6-14-19(18-5-4-8-28-18)15(11-22)21(23)24-20(14)16/h4-5,8,12H,6-7,9-10,13H2,1-3H3,(H2,23,24). The Bertz CT molecular complexity index is 1070. The van der Waals surface area contributed by atoms with Gasteiger partial charge in [-0.3, -0.25) is 0 Å². The number of nitrogens with zero attached hydrogens (tertiary/aromatic N) is 4. The molecule has 0 amide bonds. The van der Waals surface area contributed by atoms with Crippen LogP contribution in [0, 0.1) is 11.3 Å². The van der Waals surface area contributed by atoms with Crippen molar-refractivity contribution in [2.45, 2.75) is 45.3 Å². The first kappa shape index (κ1) is 19.4. The minimum Gasteiger partial charge on any atom is -0.464 e. The third-order valence-corrected chi connectivity index (χ3v) is 6.83. The molecule has 0 bridgehead atoms. The van der Waals surface area contributed by atoms with Gasteiger partial charge in [0.25, 0.3) is 0 Å². The van der Waals surface area contributed by atoms with Gasteiger partial charge in [-0.25, -0.2) is 9.67 Å². The molecule has 3 heterocycles. The van der Waals surface area contributed by atoms with Crippen LogP contribution in [0.1, 0.15) is 16.8 Å². The molecule has 0 aromatic carbocycles. The molecule has 4 rings (SSSR count). The predicted octanol–water partition coefficient (Wildman–Crippen LogP) is 4.07. The van der Waals surface area contributed by atoms with Crippen molar-refractivity contribution in [3.63, 3.8) is 0 Å². The topological polar surface area (TPSA) is 103 Å². The van der Waals surface area contributed by atoms with Crippen LogP contribution in [0.4, 0.5) is 5.82 Å². The molecule has 1 aliphatic rings. The van der Waals surface area contributed by atoms with Crippen LogP contribution in [0.25, 0.3) is 22.6 Å². The summed E-state index contributed by atoms with van der Waals surface area (Å²) in [5.41, 5.74) is 10.9. The third kappa shape index (κ3) is 3.84. The summed E-state index contributed by atoms with van der Waals surface area (Å²) >= 11 is 0. The highest BCUT2D eigenvalue weighted by Crippen LogP contribution is 2.40. The second kappa shape index (κ2) is 7.50. The van der Waals surface area contributed by atoms with E-state index >= 15 is 0 Å². The fourth-order valence-corrected chi connectivity index (χ4v) is 4.36. The predicted molar refractivity (Wildman–Crippen MR) is 114 cm³/mol. The van der Waals surface area contributed by atoms with Crippen LogP contribution in [-0.4, -0.2) is 29.4 Å². The molecule has 150 valence electrons. The second-order valence-corrected chi connectivity index (χ2v) is 14.2. The average molecular weight is 408 g/mol. The molecule has 0 fully saturated rings. The van der Waals surface area contributed by atoms with Crippen molar-refractivity contribution in [2.75, 3.05) is 12.3 Å². The highest BCUT2D eigenvalue weighted by molar-refractivity contribution is 6.76. The number of nitrogens with two attached hydrogens (primary N) is 1. The lowest BCUT2D eigenvalue weighted by atomic mass is 9.88. The summed E-state index contributed by atoms with van der Waals surface area (Å²) < 4.78 is 13.3. The van der Waals surface area contributed by atoms with Crippen LogP contribution >= 0.6 is 0 Å². The fourth-order valence-electron chi connectivity index (χ4n) is 3.60. The summed E-state index contributed by atoms with van der Waals surface area (Å²) in [6, 6.07) is 6.97. The number of pyridine rings is 1. The van der Waals surface area contributed by atoms with E-state index in [-0.39, 0.29) is 5.82 Å². The summed E-state index contributed by atoms with van der Waals surface area (Å²) in [6.07, 6.45) is 5.07. The van der Waals surface area contributed by atoms with Crippen molar-refractivity contribution >= 4 is 13.9 Å². The van der Waals surface area contributed by atoms with Gasteiger partial charge in [0.1, 0.15) is 29.9 Å². The number of aryl methyl sites for hydroxylation is 1. The summed E-state index contributed by atoms with van der Waals surface area (Å²) in [6.45, 7) is 8.17. The number of ether oxygens (including phenoxy) is 1. The van der Waals surface area contributed by atoms with Gasteiger partial charge < -0.3 is 14.9 Å². The number of anilines is 1. The Kier molecular flexibility index (Phi) is 5.02. The Morgan fingerprint density at radius 3 is 2.86 bits per heavy atom. The number of aromatic nitrogens is 3. The Labute approximate surface area is 171 Å². The fraction of sp³-hybridized carbons (Fsp3) is 0.381. The molecule has 0 spiro atoms. The van der Waals surface area contributed by atoms with Gasteiger partial charge in [-0.2, -0.15) is 10.4 Å². The number of furan rings is 1. The first-order valence-electron chi connectivity index (χ1n) is 9.78. The van der Waals surface area contributed by atoms with Gasteiger partial charge in [0.05, 0.1) is 17.7 Å². The van der Waals surface area contributed by atoms with Crippen molar-refractivity contribution in [1.82, 2.24) is 14.8 Å². The third-order valence-electron chi connectivity index (χ3n) is 5.13. The lowest BCUT2D eigenvalue weighted by Gasteiger charge is -2.19. The van der Waals surface area contributed by atoms with E-state index in [9.17, 15) is 5.26 Å². The van der Waals surface area contributed by atoms with E-state index in [1.165, 1.54) is 0 Å². The second-order valence-electron chi connectivity index (χ2n) is 8.54. The minimum atomic E-state index is -1.11. The maximum Gasteiger partial charge on any atom is 0.142 e. The van der Waals surface area contributed by atoms with Crippen LogP contribution in [0.5, 0.6) is 0 Å². The SMILES string of the molecule is C[Si](C)(C)CCOCn1cc2c(n1)CCc1c-2nc(N)c(C#N)c1-c1ccco1. The lowest BCUT2D eigenvalue weighted by Crippen LogP contribution is -2.22. The molecular weight excluding hydrogens is 382 g/mol. The summed E-state index contributed by atoms with van der Waals surface area (Å²) in [5.74, 6) is 0.849.